The van der Waals surface area contributed by atoms with E-state index in [9.17, 15) is 0 Å². The second kappa shape index (κ2) is 7.37. The molecule has 0 radical (unpaired) electrons. The fourth-order valence-electron chi connectivity index (χ4n) is 3.35. The van der Waals surface area contributed by atoms with Crippen molar-refractivity contribution in [1.82, 2.24) is 4.90 Å². The molecule has 0 aromatic heterocycles. The van der Waals surface area contributed by atoms with Gasteiger partial charge in [-0.1, -0.05) is 50.4 Å². The maximum atomic E-state index is 4.37. The number of hydrogen-bond acceptors (Lipinski definition) is 1. The third kappa shape index (κ3) is 4.25. The molecule has 0 amide bonds. The van der Waals surface area contributed by atoms with E-state index in [2.05, 4.69) is 32.3 Å². The molecular weight excluding hydrogens is 222 g/mol. The monoisotopic (exact) mass is 253 g/mol. The van der Waals surface area contributed by atoms with Gasteiger partial charge >= 0.3 is 0 Å². The Kier molecular flexibility index (Phi) is 6.50. The largest absolute Gasteiger partial charge is 0.306 e. The highest BCUT2D eigenvalue weighted by Gasteiger charge is 2.34. The summed E-state index contributed by atoms with van der Waals surface area (Å²) in [6.45, 7) is 14.0. The highest BCUT2D eigenvalue weighted by molar-refractivity contribution is 6.86. The Morgan fingerprint density at radius 1 is 1.06 bits per heavy atom. The average Bonchev–Trinajstić information content (AvgIpc) is 2.30. The van der Waals surface area contributed by atoms with Gasteiger partial charge in [0.25, 0.3) is 0 Å². The van der Waals surface area contributed by atoms with Gasteiger partial charge in [0, 0.05) is 0 Å². The minimum atomic E-state index is -1.23. The SMILES string of the molecule is C=C(C)[Si](CCC)(CCC)CN1CCCCC1. The molecule has 1 rings (SSSR count). The Hall–Kier alpha value is -0.0831. The van der Waals surface area contributed by atoms with Crippen molar-refractivity contribution in [3.8, 4) is 0 Å². The van der Waals surface area contributed by atoms with E-state index in [-0.39, 0.29) is 0 Å². The Morgan fingerprint density at radius 3 is 2.00 bits per heavy atom. The van der Waals surface area contributed by atoms with Crippen LogP contribution in [0.3, 0.4) is 0 Å². The summed E-state index contributed by atoms with van der Waals surface area (Å²) in [4.78, 5) is 2.75. The molecule has 0 aromatic carbocycles. The molecule has 0 bridgehead atoms. The molecule has 0 aliphatic carbocycles. The first-order chi connectivity index (χ1) is 8.14. The van der Waals surface area contributed by atoms with Crippen LogP contribution >= 0.6 is 0 Å². The molecule has 0 spiro atoms. The lowest BCUT2D eigenvalue weighted by Crippen LogP contribution is -2.49. The molecule has 17 heavy (non-hydrogen) atoms. The molecule has 1 aliphatic rings. The summed E-state index contributed by atoms with van der Waals surface area (Å²) in [6.07, 6.45) is 8.35. The van der Waals surface area contributed by atoms with Gasteiger partial charge in [-0.2, -0.15) is 0 Å². The van der Waals surface area contributed by atoms with E-state index in [1.54, 1.807) is 5.20 Å². The van der Waals surface area contributed by atoms with Crippen molar-refractivity contribution in [2.24, 2.45) is 0 Å². The van der Waals surface area contributed by atoms with Gasteiger partial charge in [0.15, 0.2) is 0 Å². The molecule has 1 saturated heterocycles. The number of rotatable bonds is 7. The lowest BCUT2D eigenvalue weighted by Gasteiger charge is -2.39. The van der Waals surface area contributed by atoms with Crippen LogP contribution in [0.2, 0.25) is 12.1 Å². The van der Waals surface area contributed by atoms with Gasteiger partial charge in [0.05, 0.1) is 8.07 Å². The predicted molar refractivity (Wildman–Crippen MR) is 81.1 cm³/mol. The van der Waals surface area contributed by atoms with Crippen LogP contribution in [0.1, 0.15) is 52.9 Å². The molecular formula is C15H31NSi. The van der Waals surface area contributed by atoms with E-state index in [1.165, 1.54) is 63.4 Å². The smallest absolute Gasteiger partial charge is 0.0946 e. The van der Waals surface area contributed by atoms with Crippen LogP contribution in [0, 0.1) is 0 Å². The second-order valence-corrected chi connectivity index (χ2v) is 10.6. The fraction of sp³-hybridized carbons (Fsp3) is 0.867. The number of likely N-dealkylation sites (tertiary alicyclic amines) is 1. The van der Waals surface area contributed by atoms with Crippen molar-refractivity contribution in [3.05, 3.63) is 11.8 Å². The first-order valence-corrected chi connectivity index (χ1v) is 10.1. The number of nitrogens with zero attached hydrogens (tertiary/aromatic N) is 1. The maximum Gasteiger partial charge on any atom is 0.0946 e. The summed E-state index contributed by atoms with van der Waals surface area (Å²) in [5, 5.41) is 1.55. The molecule has 0 unspecified atom stereocenters. The Balaban J connectivity index is 2.68. The summed E-state index contributed by atoms with van der Waals surface area (Å²) in [5.74, 6) is 0. The minimum absolute atomic E-state index is 1.23. The normalized spacial score (nSPS) is 18.3. The fourth-order valence-corrected chi connectivity index (χ4v) is 8.12. The molecule has 0 saturated carbocycles. The van der Waals surface area contributed by atoms with Crippen molar-refractivity contribution in [2.75, 3.05) is 19.3 Å². The zero-order valence-corrected chi connectivity index (χ0v) is 13.2. The van der Waals surface area contributed by atoms with Gasteiger partial charge in [-0.15, -0.1) is 6.58 Å². The van der Waals surface area contributed by atoms with E-state index >= 15 is 0 Å². The zero-order valence-electron chi connectivity index (χ0n) is 12.2. The summed E-state index contributed by atoms with van der Waals surface area (Å²) in [7, 11) is -1.23. The van der Waals surface area contributed by atoms with Gasteiger partial charge in [-0.25, -0.2) is 0 Å². The number of piperidine rings is 1. The molecule has 2 heteroatoms. The van der Waals surface area contributed by atoms with E-state index < -0.39 is 8.07 Å². The van der Waals surface area contributed by atoms with Gasteiger partial charge in [-0.3, -0.25) is 0 Å². The molecule has 1 fully saturated rings. The van der Waals surface area contributed by atoms with Crippen LogP contribution in [0.5, 0.6) is 0 Å². The molecule has 0 aromatic rings. The van der Waals surface area contributed by atoms with Crippen LogP contribution < -0.4 is 0 Å². The van der Waals surface area contributed by atoms with E-state index in [1.807, 2.05) is 0 Å². The maximum absolute atomic E-state index is 4.37. The standard InChI is InChI=1S/C15H31NSi/c1-5-12-17(13-6-2,15(3)4)14-16-10-8-7-9-11-16/h3,5-14H2,1-2,4H3. The summed E-state index contributed by atoms with van der Waals surface area (Å²) >= 11 is 0. The Labute approximate surface area is 109 Å². The molecule has 1 heterocycles. The highest BCUT2D eigenvalue weighted by Crippen LogP contribution is 2.28. The average molecular weight is 254 g/mol. The summed E-state index contributed by atoms with van der Waals surface area (Å²) < 4.78 is 0. The lowest BCUT2D eigenvalue weighted by atomic mass is 10.1. The Bertz CT molecular complexity index is 225. The predicted octanol–water partition coefficient (Wildman–Crippen LogP) is 4.40. The van der Waals surface area contributed by atoms with Crippen LogP contribution in [0.25, 0.3) is 0 Å². The summed E-state index contributed by atoms with van der Waals surface area (Å²) in [5.41, 5.74) is 0. The first-order valence-electron chi connectivity index (χ1n) is 7.53. The minimum Gasteiger partial charge on any atom is -0.306 e. The van der Waals surface area contributed by atoms with Crippen molar-refractivity contribution in [1.29, 1.82) is 0 Å². The van der Waals surface area contributed by atoms with Crippen LogP contribution in [-0.4, -0.2) is 32.2 Å². The van der Waals surface area contributed by atoms with Crippen molar-refractivity contribution < 1.29 is 0 Å². The lowest BCUT2D eigenvalue weighted by molar-refractivity contribution is 0.258. The van der Waals surface area contributed by atoms with Gasteiger partial charge in [0.1, 0.15) is 0 Å². The van der Waals surface area contributed by atoms with Gasteiger partial charge in [0.2, 0.25) is 0 Å². The zero-order chi connectivity index (χ0) is 12.7. The molecule has 1 aliphatic heterocycles. The van der Waals surface area contributed by atoms with E-state index in [0.717, 1.165) is 0 Å². The molecule has 1 nitrogen and oxygen atoms in total. The van der Waals surface area contributed by atoms with Crippen molar-refractivity contribution >= 4 is 8.07 Å². The van der Waals surface area contributed by atoms with Gasteiger partial charge in [-0.05, 0) is 39.0 Å². The molecule has 0 N–H and O–H groups in total. The van der Waals surface area contributed by atoms with Gasteiger partial charge < -0.3 is 4.90 Å². The van der Waals surface area contributed by atoms with Crippen LogP contribution in [-0.2, 0) is 0 Å². The molecule has 100 valence electrons. The van der Waals surface area contributed by atoms with Crippen molar-refractivity contribution in [3.63, 3.8) is 0 Å². The highest BCUT2D eigenvalue weighted by atomic mass is 28.3. The topological polar surface area (TPSA) is 3.24 Å². The third-order valence-electron chi connectivity index (χ3n) is 4.34. The second-order valence-electron chi connectivity index (χ2n) is 5.90. The van der Waals surface area contributed by atoms with Crippen LogP contribution in [0.4, 0.5) is 0 Å². The number of hydrogen-bond donors (Lipinski definition) is 0. The first kappa shape index (κ1) is 15.0. The number of allylic oxidation sites excluding steroid dienone is 1. The third-order valence-corrected chi connectivity index (χ3v) is 10.1. The van der Waals surface area contributed by atoms with E-state index in [4.69, 9.17) is 0 Å². The van der Waals surface area contributed by atoms with Crippen molar-refractivity contribution in [2.45, 2.75) is 65.0 Å². The Morgan fingerprint density at radius 2 is 1.59 bits per heavy atom. The van der Waals surface area contributed by atoms with Crippen LogP contribution in [0.15, 0.2) is 11.8 Å². The molecule has 0 atom stereocenters. The van der Waals surface area contributed by atoms with E-state index in [0.29, 0.717) is 0 Å². The quantitative estimate of drug-likeness (QED) is 0.608. The summed E-state index contributed by atoms with van der Waals surface area (Å²) in [6, 6.07) is 2.90.